The molecule has 3 atom stereocenters. The standard InChI is InChI=1S/C12H15N/c13-12-9-5-6-11(12)10-4-2-1-3-8(10)7-9/h1-4,9,11-12H,5-7,13H2/t9-,11+,12+/m1/s1. The zero-order valence-corrected chi connectivity index (χ0v) is 7.74. The number of fused-ring (bicyclic) bond motifs is 4. The van der Waals surface area contributed by atoms with Crippen LogP contribution in [0.5, 0.6) is 0 Å². The summed E-state index contributed by atoms with van der Waals surface area (Å²) >= 11 is 0. The lowest BCUT2D eigenvalue weighted by Gasteiger charge is -2.29. The molecule has 0 radical (unpaired) electrons. The van der Waals surface area contributed by atoms with Crippen LogP contribution < -0.4 is 5.73 Å². The first-order chi connectivity index (χ1) is 6.36. The molecule has 0 saturated heterocycles. The molecule has 2 N–H and O–H groups in total. The van der Waals surface area contributed by atoms with Gasteiger partial charge < -0.3 is 5.73 Å². The van der Waals surface area contributed by atoms with Crippen LogP contribution in [0.4, 0.5) is 0 Å². The largest absolute Gasteiger partial charge is 0.327 e. The monoisotopic (exact) mass is 173 g/mol. The summed E-state index contributed by atoms with van der Waals surface area (Å²) < 4.78 is 0. The smallest absolute Gasteiger partial charge is 0.0140 e. The molecule has 1 fully saturated rings. The van der Waals surface area contributed by atoms with Crippen molar-refractivity contribution >= 4 is 0 Å². The SMILES string of the molecule is N[C@H]1[C@@H]2CC[C@H]1c1ccccc1C2. The minimum absolute atomic E-state index is 0.440. The molecule has 0 aromatic heterocycles. The Bertz CT molecular complexity index is 332. The fourth-order valence-electron chi connectivity index (χ4n) is 3.07. The van der Waals surface area contributed by atoms with Crippen molar-refractivity contribution in [2.45, 2.75) is 31.2 Å². The molecule has 2 aliphatic carbocycles. The molecule has 1 aromatic rings. The fourth-order valence-corrected chi connectivity index (χ4v) is 3.07. The van der Waals surface area contributed by atoms with Gasteiger partial charge in [-0.2, -0.15) is 0 Å². The highest BCUT2D eigenvalue weighted by Crippen LogP contribution is 2.44. The van der Waals surface area contributed by atoms with Crippen LogP contribution in [0.2, 0.25) is 0 Å². The van der Waals surface area contributed by atoms with E-state index in [-0.39, 0.29) is 0 Å². The predicted octanol–water partition coefficient (Wildman–Crippen LogP) is 2.06. The van der Waals surface area contributed by atoms with E-state index in [1.54, 1.807) is 5.56 Å². The van der Waals surface area contributed by atoms with Crippen LogP contribution in [0.3, 0.4) is 0 Å². The van der Waals surface area contributed by atoms with Gasteiger partial charge in [-0.15, -0.1) is 0 Å². The summed E-state index contributed by atoms with van der Waals surface area (Å²) in [5.41, 5.74) is 9.28. The highest BCUT2D eigenvalue weighted by Gasteiger charge is 2.39. The number of nitrogens with two attached hydrogens (primary N) is 1. The lowest BCUT2D eigenvalue weighted by molar-refractivity contribution is 0.434. The van der Waals surface area contributed by atoms with Crippen LogP contribution in [0, 0.1) is 5.92 Å². The first-order valence-corrected chi connectivity index (χ1v) is 5.19. The van der Waals surface area contributed by atoms with Gasteiger partial charge in [0.1, 0.15) is 0 Å². The van der Waals surface area contributed by atoms with E-state index in [1.165, 1.54) is 24.8 Å². The molecule has 0 heterocycles. The molecule has 0 unspecified atom stereocenters. The molecular weight excluding hydrogens is 158 g/mol. The van der Waals surface area contributed by atoms with Crippen LogP contribution in [-0.4, -0.2) is 6.04 Å². The van der Waals surface area contributed by atoms with Gasteiger partial charge >= 0.3 is 0 Å². The normalized spacial score (nSPS) is 35.9. The van der Waals surface area contributed by atoms with Crippen molar-refractivity contribution in [3.05, 3.63) is 35.4 Å². The van der Waals surface area contributed by atoms with Crippen molar-refractivity contribution in [1.82, 2.24) is 0 Å². The summed E-state index contributed by atoms with van der Waals surface area (Å²) in [6.45, 7) is 0. The van der Waals surface area contributed by atoms with E-state index in [0.29, 0.717) is 12.0 Å². The number of hydrogen-bond acceptors (Lipinski definition) is 1. The molecule has 2 aliphatic rings. The summed E-state index contributed by atoms with van der Waals surface area (Å²) in [5.74, 6) is 1.43. The first-order valence-electron chi connectivity index (χ1n) is 5.19. The number of hydrogen-bond donors (Lipinski definition) is 1. The van der Waals surface area contributed by atoms with Gasteiger partial charge in [0.15, 0.2) is 0 Å². The predicted molar refractivity (Wildman–Crippen MR) is 53.6 cm³/mol. The summed E-state index contributed by atoms with van der Waals surface area (Å²) in [6, 6.07) is 9.27. The molecule has 0 amide bonds. The van der Waals surface area contributed by atoms with Crippen molar-refractivity contribution in [3.8, 4) is 0 Å². The van der Waals surface area contributed by atoms with Crippen molar-refractivity contribution < 1.29 is 0 Å². The molecule has 1 nitrogen and oxygen atoms in total. The van der Waals surface area contributed by atoms with Crippen LogP contribution in [-0.2, 0) is 6.42 Å². The van der Waals surface area contributed by atoms with E-state index in [1.807, 2.05) is 0 Å². The summed E-state index contributed by atoms with van der Waals surface area (Å²) in [6.07, 6.45) is 3.86. The van der Waals surface area contributed by atoms with Gasteiger partial charge in [-0.3, -0.25) is 0 Å². The van der Waals surface area contributed by atoms with E-state index in [0.717, 1.165) is 5.92 Å². The van der Waals surface area contributed by atoms with Gasteiger partial charge in [0, 0.05) is 6.04 Å². The van der Waals surface area contributed by atoms with E-state index < -0.39 is 0 Å². The van der Waals surface area contributed by atoms with Crippen LogP contribution in [0.15, 0.2) is 24.3 Å². The molecule has 1 heteroatoms. The van der Waals surface area contributed by atoms with Crippen molar-refractivity contribution in [3.63, 3.8) is 0 Å². The van der Waals surface area contributed by atoms with Gasteiger partial charge in [-0.1, -0.05) is 24.3 Å². The van der Waals surface area contributed by atoms with Gasteiger partial charge in [-0.25, -0.2) is 0 Å². The van der Waals surface area contributed by atoms with Gasteiger partial charge in [-0.05, 0) is 42.2 Å². The van der Waals surface area contributed by atoms with Crippen LogP contribution >= 0.6 is 0 Å². The third kappa shape index (κ3) is 0.969. The maximum absolute atomic E-state index is 6.20. The average Bonchev–Trinajstić information content (AvgIpc) is 2.43. The molecule has 1 aromatic carbocycles. The third-order valence-electron chi connectivity index (χ3n) is 3.79. The molecule has 68 valence electrons. The van der Waals surface area contributed by atoms with E-state index >= 15 is 0 Å². The summed E-state index contributed by atoms with van der Waals surface area (Å²) in [7, 11) is 0. The lowest BCUT2D eigenvalue weighted by Crippen LogP contribution is -2.35. The zero-order chi connectivity index (χ0) is 8.84. The maximum Gasteiger partial charge on any atom is 0.0140 e. The summed E-state index contributed by atoms with van der Waals surface area (Å²) in [5, 5.41) is 0. The number of rotatable bonds is 0. The Morgan fingerprint density at radius 2 is 2.00 bits per heavy atom. The Balaban J connectivity index is 2.12. The van der Waals surface area contributed by atoms with E-state index in [2.05, 4.69) is 24.3 Å². The Morgan fingerprint density at radius 3 is 2.92 bits per heavy atom. The topological polar surface area (TPSA) is 26.0 Å². The maximum atomic E-state index is 6.20. The Morgan fingerprint density at radius 1 is 1.15 bits per heavy atom. The fraction of sp³-hybridized carbons (Fsp3) is 0.500. The van der Waals surface area contributed by atoms with Crippen LogP contribution in [0.25, 0.3) is 0 Å². The minimum Gasteiger partial charge on any atom is -0.327 e. The first kappa shape index (κ1) is 7.57. The molecule has 0 aliphatic heterocycles. The molecule has 2 bridgehead atoms. The molecule has 1 saturated carbocycles. The van der Waals surface area contributed by atoms with Gasteiger partial charge in [0.25, 0.3) is 0 Å². The molecule has 3 rings (SSSR count). The zero-order valence-electron chi connectivity index (χ0n) is 7.74. The van der Waals surface area contributed by atoms with E-state index in [9.17, 15) is 0 Å². The Kier molecular flexibility index (Phi) is 1.50. The highest BCUT2D eigenvalue weighted by atomic mass is 14.7. The van der Waals surface area contributed by atoms with Crippen LogP contribution in [0.1, 0.15) is 29.9 Å². The van der Waals surface area contributed by atoms with Gasteiger partial charge in [0.05, 0.1) is 0 Å². The molecule has 0 spiro atoms. The van der Waals surface area contributed by atoms with Crippen molar-refractivity contribution in [1.29, 1.82) is 0 Å². The quantitative estimate of drug-likeness (QED) is 0.638. The number of benzene rings is 1. The second-order valence-electron chi connectivity index (χ2n) is 4.42. The van der Waals surface area contributed by atoms with Crippen molar-refractivity contribution in [2.24, 2.45) is 11.7 Å². The highest BCUT2D eigenvalue weighted by molar-refractivity contribution is 5.36. The van der Waals surface area contributed by atoms with Crippen molar-refractivity contribution in [2.75, 3.05) is 0 Å². The minimum atomic E-state index is 0.440. The van der Waals surface area contributed by atoms with E-state index in [4.69, 9.17) is 5.73 Å². The lowest BCUT2D eigenvalue weighted by atomic mass is 9.80. The summed E-state index contributed by atoms with van der Waals surface area (Å²) in [4.78, 5) is 0. The second-order valence-corrected chi connectivity index (χ2v) is 4.42. The Labute approximate surface area is 78.9 Å². The van der Waals surface area contributed by atoms with Gasteiger partial charge in [0.2, 0.25) is 0 Å². The Hall–Kier alpha value is -0.820. The average molecular weight is 173 g/mol. The molecular formula is C12H15N. The third-order valence-corrected chi connectivity index (χ3v) is 3.79. The second kappa shape index (κ2) is 2.58. The molecule has 13 heavy (non-hydrogen) atoms.